The van der Waals surface area contributed by atoms with E-state index in [0.29, 0.717) is 0 Å². The number of hydrogen-bond acceptors (Lipinski definition) is 1. The van der Waals surface area contributed by atoms with Gasteiger partial charge in [0.1, 0.15) is 0 Å². The Bertz CT molecular complexity index is 270. The molecular formula is C9H10BO. The Morgan fingerprint density at radius 1 is 1.55 bits per heavy atom. The lowest BCUT2D eigenvalue weighted by Crippen LogP contribution is -2.10. The molecule has 1 aliphatic rings. The van der Waals surface area contributed by atoms with Gasteiger partial charge in [-0.2, -0.15) is 0 Å². The zero-order valence-electron chi connectivity index (χ0n) is 6.63. The molecule has 0 unspecified atom stereocenters. The van der Waals surface area contributed by atoms with Crippen molar-refractivity contribution in [3.63, 3.8) is 0 Å². The van der Waals surface area contributed by atoms with Crippen molar-refractivity contribution >= 4 is 12.9 Å². The third-order valence-electron chi connectivity index (χ3n) is 2.06. The summed E-state index contributed by atoms with van der Waals surface area (Å²) in [5.74, 6) is 0. The predicted molar refractivity (Wildman–Crippen MR) is 46.0 cm³/mol. The fourth-order valence-corrected chi connectivity index (χ4v) is 1.34. The van der Waals surface area contributed by atoms with Gasteiger partial charge in [0.05, 0.1) is 6.61 Å². The quantitative estimate of drug-likeness (QED) is 0.536. The third kappa shape index (κ3) is 1.18. The molecule has 1 aromatic carbocycles. The zero-order chi connectivity index (χ0) is 7.68. The van der Waals surface area contributed by atoms with Gasteiger partial charge in [0.15, 0.2) is 0 Å². The summed E-state index contributed by atoms with van der Waals surface area (Å²) < 4.78 is 5.19. The molecule has 1 aromatic rings. The van der Waals surface area contributed by atoms with E-state index in [4.69, 9.17) is 4.65 Å². The Labute approximate surface area is 67.7 Å². The average Bonchev–Trinajstić information content (AvgIpc) is 2.50. The standard InChI is InChI=1S/C9H10BO/c1-2-7-3-4-9-8(5-7)6-11-10-9/h3-5H,2,6H2,1H3. The van der Waals surface area contributed by atoms with E-state index >= 15 is 0 Å². The van der Waals surface area contributed by atoms with Crippen molar-refractivity contribution < 1.29 is 4.65 Å². The summed E-state index contributed by atoms with van der Waals surface area (Å²) in [6, 6.07) is 6.50. The Morgan fingerprint density at radius 3 is 3.27 bits per heavy atom. The lowest BCUT2D eigenvalue weighted by molar-refractivity contribution is 0.345. The molecule has 0 saturated heterocycles. The highest BCUT2D eigenvalue weighted by atomic mass is 16.4. The van der Waals surface area contributed by atoms with Crippen molar-refractivity contribution in [3.05, 3.63) is 29.3 Å². The highest BCUT2D eigenvalue weighted by molar-refractivity contribution is 6.48. The third-order valence-corrected chi connectivity index (χ3v) is 2.06. The molecule has 2 heteroatoms. The minimum Gasteiger partial charge on any atom is -0.430 e. The molecule has 1 heterocycles. The summed E-state index contributed by atoms with van der Waals surface area (Å²) in [6.45, 7) is 2.92. The molecule has 1 radical (unpaired) electrons. The van der Waals surface area contributed by atoms with E-state index in [1.54, 1.807) is 0 Å². The first-order chi connectivity index (χ1) is 5.40. The average molecular weight is 145 g/mol. The zero-order valence-corrected chi connectivity index (χ0v) is 6.63. The number of aryl methyl sites for hydroxylation is 1. The molecule has 0 atom stereocenters. The van der Waals surface area contributed by atoms with E-state index in [9.17, 15) is 0 Å². The lowest BCUT2D eigenvalue weighted by Gasteiger charge is -1.99. The van der Waals surface area contributed by atoms with Crippen LogP contribution in [0.2, 0.25) is 0 Å². The van der Waals surface area contributed by atoms with Crippen LogP contribution in [0.3, 0.4) is 0 Å². The van der Waals surface area contributed by atoms with E-state index in [1.807, 2.05) is 7.48 Å². The molecule has 55 valence electrons. The van der Waals surface area contributed by atoms with E-state index < -0.39 is 0 Å². The minimum absolute atomic E-state index is 0.753. The van der Waals surface area contributed by atoms with Gasteiger partial charge in [-0.15, -0.1) is 0 Å². The summed E-state index contributed by atoms with van der Waals surface area (Å²) in [7, 11) is 1.83. The van der Waals surface area contributed by atoms with Crippen LogP contribution < -0.4 is 5.46 Å². The van der Waals surface area contributed by atoms with Crippen molar-refractivity contribution in [3.8, 4) is 0 Å². The summed E-state index contributed by atoms with van der Waals surface area (Å²) >= 11 is 0. The lowest BCUT2D eigenvalue weighted by atomic mass is 9.86. The molecule has 1 aliphatic heterocycles. The molecule has 0 fully saturated rings. The maximum absolute atomic E-state index is 5.19. The second kappa shape index (κ2) is 2.70. The van der Waals surface area contributed by atoms with Gasteiger partial charge >= 0.3 is 7.48 Å². The van der Waals surface area contributed by atoms with Crippen LogP contribution in [0.25, 0.3) is 0 Å². The highest BCUT2D eigenvalue weighted by Crippen LogP contribution is 2.08. The first-order valence-electron chi connectivity index (χ1n) is 3.97. The second-order valence-corrected chi connectivity index (χ2v) is 2.82. The van der Waals surface area contributed by atoms with Crippen LogP contribution >= 0.6 is 0 Å². The Hall–Kier alpha value is -0.755. The predicted octanol–water partition coefficient (Wildman–Crippen LogP) is 1.02. The first kappa shape index (κ1) is 6.92. The van der Waals surface area contributed by atoms with Crippen LogP contribution in [-0.2, 0) is 17.7 Å². The number of hydrogen-bond donors (Lipinski definition) is 0. The summed E-state index contributed by atoms with van der Waals surface area (Å²) in [6.07, 6.45) is 1.10. The minimum atomic E-state index is 0.753. The molecule has 0 spiro atoms. The SMILES string of the molecule is CCc1ccc2c(c1)CO[B]2. The van der Waals surface area contributed by atoms with Gasteiger partial charge in [-0.25, -0.2) is 0 Å². The van der Waals surface area contributed by atoms with Gasteiger partial charge in [0.2, 0.25) is 0 Å². The molecule has 1 nitrogen and oxygen atoms in total. The van der Waals surface area contributed by atoms with Gasteiger partial charge < -0.3 is 4.65 Å². The normalized spacial score (nSPS) is 14.3. The second-order valence-electron chi connectivity index (χ2n) is 2.82. The van der Waals surface area contributed by atoms with Crippen molar-refractivity contribution in [2.75, 3.05) is 0 Å². The first-order valence-corrected chi connectivity index (χ1v) is 3.97. The largest absolute Gasteiger partial charge is 0.430 e. The van der Waals surface area contributed by atoms with Crippen molar-refractivity contribution in [2.45, 2.75) is 20.0 Å². The van der Waals surface area contributed by atoms with Gasteiger partial charge in [0.25, 0.3) is 0 Å². The number of rotatable bonds is 1. The van der Waals surface area contributed by atoms with Gasteiger partial charge in [-0.3, -0.25) is 0 Å². The topological polar surface area (TPSA) is 9.23 Å². The van der Waals surface area contributed by atoms with Crippen molar-refractivity contribution in [1.82, 2.24) is 0 Å². The summed E-state index contributed by atoms with van der Waals surface area (Å²) in [5.41, 5.74) is 3.95. The summed E-state index contributed by atoms with van der Waals surface area (Å²) in [4.78, 5) is 0. The molecule has 0 aliphatic carbocycles. The molecule has 11 heavy (non-hydrogen) atoms. The molecule has 2 rings (SSSR count). The Morgan fingerprint density at radius 2 is 2.45 bits per heavy atom. The van der Waals surface area contributed by atoms with E-state index in [1.165, 1.54) is 16.6 Å². The molecule has 0 bridgehead atoms. The number of benzene rings is 1. The van der Waals surface area contributed by atoms with Crippen molar-refractivity contribution in [1.29, 1.82) is 0 Å². The Kier molecular flexibility index (Phi) is 1.70. The molecule has 0 amide bonds. The van der Waals surface area contributed by atoms with Crippen LogP contribution in [0.15, 0.2) is 18.2 Å². The molecule has 0 saturated carbocycles. The monoisotopic (exact) mass is 145 g/mol. The van der Waals surface area contributed by atoms with E-state index in [0.717, 1.165) is 13.0 Å². The molecule has 0 aromatic heterocycles. The maximum atomic E-state index is 5.19. The van der Waals surface area contributed by atoms with Gasteiger partial charge in [0, 0.05) is 0 Å². The fraction of sp³-hybridized carbons (Fsp3) is 0.333. The smallest absolute Gasteiger partial charge is 0.330 e. The van der Waals surface area contributed by atoms with Crippen LogP contribution in [-0.4, -0.2) is 7.48 Å². The molecular weight excluding hydrogens is 135 g/mol. The van der Waals surface area contributed by atoms with E-state index in [2.05, 4.69) is 25.1 Å². The summed E-state index contributed by atoms with van der Waals surface area (Å²) in [5, 5.41) is 0. The van der Waals surface area contributed by atoms with Crippen molar-refractivity contribution in [2.24, 2.45) is 0 Å². The van der Waals surface area contributed by atoms with Crippen LogP contribution in [0.4, 0.5) is 0 Å². The van der Waals surface area contributed by atoms with Crippen LogP contribution in [0.1, 0.15) is 18.1 Å². The number of fused-ring (bicyclic) bond motifs is 1. The maximum Gasteiger partial charge on any atom is 0.330 e. The van der Waals surface area contributed by atoms with Crippen LogP contribution in [0.5, 0.6) is 0 Å². The van der Waals surface area contributed by atoms with Gasteiger partial charge in [-0.05, 0) is 23.0 Å². The van der Waals surface area contributed by atoms with E-state index in [-0.39, 0.29) is 0 Å². The Balaban J connectivity index is 2.41. The molecule has 0 N–H and O–H groups in total. The fourth-order valence-electron chi connectivity index (χ4n) is 1.34. The van der Waals surface area contributed by atoms with Crippen LogP contribution in [0, 0.1) is 0 Å². The highest BCUT2D eigenvalue weighted by Gasteiger charge is 2.12. The van der Waals surface area contributed by atoms with Gasteiger partial charge in [-0.1, -0.05) is 25.1 Å².